The molecule has 5 heteroatoms. The number of para-hydroxylation sites is 4. The van der Waals surface area contributed by atoms with Crippen LogP contribution in [0.1, 0.15) is 5.56 Å². The Balaban J connectivity index is 1.23. The van der Waals surface area contributed by atoms with Gasteiger partial charge in [0.25, 0.3) is 0 Å². The lowest BCUT2D eigenvalue weighted by molar-refractivity contribution is 1.17. The Morgan fingerprint density at radius 3 is 1.62 bits per heavy atom. The molecule has 5 nitrogen and oxygen atoms in total. The first-order chi connectivity index (χ1) is 27.2. The van der Waals surface area contributed by atoms with Crippen LogP contribution in [0.2, 0.25) is 0 Å². The van der Waals surface area contributed by atoms with Crippen LogP contribution >= 0.6 is 0 Å². The fourth-order valence-electron chi connectivity index (χ4n) is 8.07. The van der Waals surface area contributed by atoms with Gasteiger partial charge in [-0.1, -0.05) is 97.1 Å². The first-order valence-corrected chi connectivity index (χ1v) is 18.2. The minimum absolute atomic E-state index is 0.486. The highest BCUT2D eigenvalue weighted by molar-refractivity contribution is 6.13. The summed E-state index contributed by atoms with van der Waals surface area (Å²) in [7, 11) is 0. The fourth-order valence-corrected chi connectivity index (χ4v) is 8.07. The maximum atomic E-state index is 10.3. The normalized spacial score (nSPS) is 11.2. The Bertz CT molecular complexity index is 3120. The van der Waals surface area contributed by atoms with E-state index in [2.05, 4.69) is 183 Å². The molecule has 256 valence electrons. The number of hydrogen-bond acceptors (Lipinski definition) is 2. The average molecular weight is 702 g/mol. The van der Waals surface area contributed by atoms with Crippen molar-refractivity contribution in [2.24, 2.45) is 0 Å². The van der Waals surface area contributed by atoms with Gasteiger partial charge in [-0.3, -0.25) is 0 Å². The summed E-state index contributed by atoms with van der Waals surface area (Å²) >= 11 is 0. The van der Waals surface area contributed by atoms with Crippen LogP contribution in [0.5, 0.6) is 0 Å². The smallest absolute Gasteiger partial charge is 0.189 e. The van der Waals surface area contributed by atoms with Crippen molar-refractivity contribution in [2.75, 3.05) is 4.90 Å². The Kier molecular flexibility index (Phi) is 7.51. The molecule has 0 unspecified atom stereocenters. The largest absolute Gasteiger partial charge is 0.310 e. The van der Waals surface area contributed by atoms with Gasteiger partial charge in [-0.05, 0) is 102 Å². The Morgan fingerprint density at radius 1 is 0.455 bits per heavy atom. The summed E-state index contributed by atoms with van der Waals surface area (Å²) in [4.78, 5) is 5.99. The second-order valence-electron chi connectivity index (χ2n) is 13.6. The topological polar surface area (TPSA) is 41.2 Å². The van der Waals surface area contributed by atoms with Gasteiger partial charge < -0.3 is 14.0 Å². The van der Waals surface area contributed by atoms with E-state index in [1.54, 1.807) is 12.1 Å². The second-order valence-corrected chi connectivity index (χ2v) is 13.6. The van der Waals surface area contributed by atoms with Gasteiger partial charge in [0.2, 0.25) is 0 Å². The number of fused-ring (bicyclic) bond motifs is 6. The molecule has 0 saturated heterocycles. The number of aromatic nitrogens is 2. The van der Waals surface area contributed by atoms with E-state index >= 15 is 0 Å². The number of rotatable bonds is 6. The first-order valence-electron chi connectivity index (χ1n) is 18.2. The molecule has 0 fully saturated rings. The monoisotopic (exact) mass is 701 g/mol. The van der Waals surface area contributed by atoms with E-state index in [1.165, 1.54) is 16.3 Å². The van der Waals surface area contributed by atoms with Gasteiger partial charge in [-0.2, -0.15) is 5.26 Å². The summed E-state index contributed by atoms with van der Waals surface area (Å²) < 4.78 is 4.47. The van der Waals surface area contributed by atoms with Crippen molar-refractivity contribution < 1.29 is 0 Å². The van der Waals surface area contributed by atoms with Gasteiger partial charge in [0.1, 0.15) is 6.07 Å². The lowest BCUT2D eigenvalue weighted by Gasteiger charge is -2.25. The van der Waals surface area contributed by atoms with Crippen LogP contribution in [-0.4, -0.2) is 9.13 Å². The zero-order valence-corrected chi connectivity index (χ0v) is 29.6. The molecule has 0 amide bonds. The van der Waals surface area contributed by atoms with Crippen LogP contribution in [0.3, 0.4) is 0 Å². The minimum atomic E-state index is 0.486. The van der Waals surface area contributed by atoms with Crippen LogP contribution in [-0.2, 0) is 0 Å². The predicted molar refractivity (Wildman–Crippen MR) is 226 cm³/mol. The van der Waals surface area contributed by atoms with Crippen molar-refractivity contribution in [2.45, 2.75) is 0 Å². The van der Waals surface area contributed by atoms with Crippen molar-refractivity contribution in [1.82, 2.24) is 9.13 Å². The molecule has 0 aliphatic heterocycles. The maximum Gasteiger partial charge on any atom is 0.189 e. The summed E-state index contributed by atoms with van der Waals surface area (Å²) in [6.07, 6.45) is 0. The van der Waals surface area contributed by atoms with Gasteiger partial charge >= 0.3 is 0 Å². The van der Waals surface area contributed by atoms with E-state index in [0.717, 1.165) is 61.2 Å². The van der Waals surface area contributed by atoms with Crippen molar-refractivity contribution in [3.8, 4) is 28.6 Å². The number of hydrogen-bond donors (Lipinski definition) is 0. The highest BCUT2D eigenvalue weighted by Crippen LogP contribution is 2.42. The van der Waals surface area contributed by atoms with Crippen molar-refractivity contribution in [1.29, 1.82) is 5.26 Å². The summed E-state index contributed by atoms with van der Waals surface area (Å²) in [6, 6.07) is 67.5. The third-order valence-electron chi connectivity index (χ3n) is 10.5. The van der Waals surface area contributed by atoms with E-state index < -0.39 is 0 Å². The zero-order chi connectivity index (χ0) is 36.9. The molecule has 0 spiro atoms. The maximum absolute atomic E-state index is 10.3. The fraction of sp³-hybridized carbons (Fsp3) is 0. The van der Waals surface area contributed by atoms with Crippen molar-refractivity contribution in [3.63, 3.8) is 0 Å². The van der Waals surface area contributed by atoms with Crippen LogP contribution in [0, 0.1) is 17.9 Å². The number of anilines is 3. The third kappa shape index (κ3) is 5.23. The molecule has 2 heterocycles. The highest BCUT2D eigenvalue weighted by atomic mass is 15.1. The van der Waals surface area contributed by atoms with Crippen LogP contribution in [0.15, 0.2) is 188 Å². The SMILES string of the molecule is [C-]#[N+]c1ccc(C#N)c(-n2c3ccc(-c4ccc5c(c4)c4ccccc4n5-c4ccccc4)cc3c3cc(N(c4ccccc4)c4ccccc4)ccc32)c1. The molecule has 0 aliphatic rings. The lowest BCUT2D eigenvalue weighted by Crippen LogP contribution is -2.09. The molecule has 0 bridgehead atoms. The Hall–Kier alpha value is -7.86. The molecule has 10 rings (SSSR count). The van der Waals surface area contributed by atoms with E-state index in [-0.39, 0.29) is 0 Å². The second kappa shape index (κ2) is 13.0. The van der Waals surface area contributed by atoms with Crippen molar-refractivity contribution in [3.05, 3.63) is 205 Å². The van der Waals surface area contributed by atoms with Crippen LogP contribution < -0.4 is 4.90 Å². The van der Waals surface area contributed by atoms with Gasteiger partial charge in [0.15, 0.2) is 5.69 Å². The molecule has 0 saturated carbocycles. The quantitative estimate of drug-likeness (QED) is 0.162. The van der Waals surface area contributed by atoms with E-state index in [4.69, 9.17) is 6.57 Å². The molecule has 55 heavy (non-hydrogen) atoms. The van der Waals surface area contributed by atoms with E-state index in [1.807, 2.05) is 18.2 Å². The molecule has 2 aromatic heterocycles. The number of nitrogens with zero attached hydrogens (tertiary/aromatic N) is 5. The average Bonchev–Trinajstić information content (AvgIpc) is 3.76. The Morgan fingerprint density at radius 2 is 0.982 bits per heavy atom. The van der Waals surface area contributed by atoms with Gasteiger partial charge in [-0.25, -0.2) is 4.85 Å². The van der Waals surface area contributed by atoms with Crippen molar-refractivity contribution >= 4 is 66.4 Å². The molecular weight excluding hydrogens is 671 g/mol. The highest BCUT2D eigenvalue weighted by Gasteiger charge is 2.20. The predicted octanol–water partition coefficient (Wildman–Crippen LogP) is 13.4. The standard InChI is InChI=1S/C50H31N5/c1-52-37-24-21-36(33-51)50(31-37)55-48-27-23-35(34-22-26-47-43(29-34)42-19-11-12-20-46(42)54(47)40-17-9-4-10-18-40)30-44(48)45-32-41(25-28-49(45)55)53(38-13-5-2-6-14-38)39-15-7-3-8-16-39/h2-32H. The minimum Gasteiger partial charge on any atom is -0.310 e. The molecule has 0 aliphatic carbocycles. The van der Waals surface area contributed by atoms with E-state index in [9.17, 15) is 5.26 Å². The Labute approximate surface area is 318 Å². The molecule has 0 N–H and O–H groups in total. The molecule has 10 aromatic rings. The number of benzene rings is 8. The number of nitriles is 1. The van der Waals surface area contributed by atoms with Gasteiger partial charge in [0, 0.05) is 44.3 Å². The van der Waals surface area contributed by atoms with Gasteiger partial charge in [0.05, 0.1) is 39.9 Å². The molecule has 8 aromatic carbocycles. The molecular formula is C50H31N5. The van der Waals surface area contributed by atoms with Crippen LogP contribution in [0.4, 0.5) is 22.7 Å². The molecule has 0 radical (unpaired) electrons. The zero-order valence-electron chi connectivity index (χ0n) is 29.6. The summed E-state index contributed by atoms with van der Waals surface area (Å²) in [5.41, 5.74) is 12.4. The summed E-state index contributed by atoms with van der Waals surface area (Å²) in [6.45, 7) is 7.77. The van der Waals surface area contributed by atoms with Gasteiger partial charge in [-0.15, -0.1) is 0 Å². The van der Waals surface area contributed by atoms with E-state index in [0.29, 0.717) is 16.9 Å². The first kappa shape index (κ1) is 31.8. The third-order valence-corrected chi connectivity index (χ3v) is 10.5. The molecule has 0 atom stereocenters. The summed E-state index contributed by atoms with van der Waals surface area (Å²) in [5.74, 6) is 0. The lowest BCUT2D eigenvalue weighted by atomic mass is 10.0. The summed E-state index contributed by atoms with van der Waals surface area (Å²) in [5, 5.41) is 14.8. The van der Waals surface area contributed by atoms with Crippen LogP contribution in [0.25, 0.3) is 71.0 Å².